The van der Waals surface area contributed by atoms with Gasteiger partial charge in [0.2, 0.25) is 5.95 Å². The number of nitrogens with two attached hydrogens (primary N) is 1. The molecule has 0 aliphatic carbocycles. The Hall–Kier alpha value is -2.15. The molecule has 7 nitrogen and oxygen atoms in total. The second-order valence-electron chi connectivity index (χ2n) is 6.15. The molecule has 1 atom stereocenters. The summed E-state index contributed by atoms with van der Waals surface area (Å²) < 4.78 is 5.45. The third-order valence-corrected chi connectivity index (χ3v) is 4.47. The van der Waals surface area contributed by atoms with Gasteiger partial charge in [-0.15, -0.1) is 0 Å². The smallest absolute Gasteiger partial charge is 0.222 e. The van der Waals surface area contributed by atoms with Crippen molar-refractivity contribution in [1.82, 2.24) is 20.2 Å². The monoisotopic (exact) mass is 316 g/mol. The molecule has 1 saturated heterocycles. The normalized spacial score (nSPS) is 17.6. The number of hydrogen-bond acceptors (Lipinski definition) is 6. The summed E-state index contributed by atoms with van der Waals surface area (Å²) in [6.45, 7) is 6.43. The molecule has 2 aromatic rings. The maximum atomic E-state index is 5.90. The van der Waals surface area contributed by atoms with Gasteiger partial charge in [0.1, 0.15) is 5.82 Å². The minimum Gasteiger partial charge on any atom is -0.381 e. The number of rotatable bonds is 5. The molecule has 1 aliphatic rings. The van der Waals surface area contributed by atoms with E-state index < -0.39 is 0 Å². The molecule has 1 aliphatic heterocycles. The molecule has 0 spiro atoms. The summed E-state index contributed by atoms with van der Waals surface area (Å²) >= 11 is 0. The van der Waals surface area contributed by atoms with Gasteiger partial charge in [-0.25, -0.2) is 4.98 Å². The van der Waals surface area contributed by atoms with Crippen LogP contribution in [0.15, 0.2) is 6.07 Å². The Kier molecular flexibility index (Phi) is 4.47. The Morgan fingerprint density at radius 2 is 2.22 bits per heavy atom. The molecule has 3 rings (SSSR count). The van der Waals surface area contributed by atoms with E-state index in [2.05, 4.69) is 32.0 Å². The summed E-state index contributed by atoms with van der Waals surface area (Å²) in [5.74, 6) is 1.51. The topological polar surface area (TPSA) is 93.0 Å². The van der Waals surface area contributed by atoms with Gasteiger partial charge >= 0.3 is 0 Å². The second-order valence-corrected chi connectivity index (χ2v) is 6.15. The van der Waals surface area contributed by atoms with Crippen LogP contribution in [0, 0.1) is 13.8 Å². The van der Waals surface area contributed by atoms with Crippen molar-refractivity contribution in [2.24, 2.45) is 0 Å². The van der Waals surface area contributed by atoms with Crippen LogP contribution in [0.4, 0.5) is 11.8 Å². The number of aromatic amines is 1. The second kappa shape index (κ2) is 6.54. The minimum absolute atomic E-state index is 0.325. The number of nitrogens with one attached hydrogen (secondary N) is 1. The standard InChI is InChI=1S/C16H24N6O/c1-10-13(11(2)21-20-10)4-6-22(3)15-8-14(18-16(17)19-15)12-5-7-23-9-12/h8,12H,4-7,9H2,1-3H3,(H,20,21)(H2,17,18,19). The van der Waals surface area contributed by atoms with Gasteiger partial charge in [0, 0.05) is 37.9 Å². The van der Waals surface area contributed by atoms with Crippen LogP contribution >= 0.6 is 0 Å². The molecule has 1 fully saturated rings. The average Bonchev–Trinajstić information content (AvgIpc) is 3.16. The van der Waals surface area contributed by atoms with Crippen LogP contribution in [0.3, 0.4) is 0 Å². The maximum Gasteiger partial charge on any atom is 0.222 e. The highest BCUT2D eigenvalue weighted by Crippen LogP contribution is 2.26. The fraction of sp³-hybridized carbons (Fsp3) is 0.562. The number of nitrogen functional groups attached to an aromatic ring is 1. The third-order valence-electron chi connectivity index (χ3n) is 4.47. The summed E-state index contributed by atoms with van der Waals surface area (Å²) in [4.78, 5) is 10.9. The van der Waals surface area contributed by atoms with Gasteiger partial charge in [-0.2, -0.15) is 10.1 Å². The molecule has 0 bridgehead atoms. The van der Waals surface area contributed by atoms with E-state index in [9.17, 15) is 0 Å². The first-order valence-corrected chi connectivity index (χ1v) is 7.98. The SMILES string of the molecule is Cc1n[nH]c(C)c1CCN(C)c1cc(C2CCOC2)nc(N)n1. The van der Waals surface area contributed by atoms with Crippen molar-refractivity contribution in [3.63, 3.8) is 0 Å². The van der Waals surface area contributed by atoms with Gasteiger partial charge < -0.3 is 15.4 Å². The van der Waals surface area contributed by atoms with Crippen molar-refractivity contribution >= 4 is 11.8 Å². The molecule has 0 radical (unpaired) electrons. The lowest BCUT2D eigenvalue weighted by molar-refractivity contribution is 0.193. The Morgan fingerprint density at radius 3 is 2.87 bits per heavy atom. The molecular formula is C16H24N6O. The highest BCUT2D eigenvalue weighted by Gasteiger charge is 2.21. The van der Waals surface area contributed by atoms with E-state index in [0.29, 0.717) is 18.5 Å². The Labute approximate surface area is 136 Å². The van der Waals surface area contributed by atoms with E-state index >= 15 is 0 Å². The van der Waals surface area contributed by atoms with E-state index in [0.717, 1.165) is 48.9 Å². The average molecular weight is 316 g/mol. The number of ether oxygens (including phenoxy) is 1. The van der Waals surface area contributed by atoms with Crippen LogP contribution in [0.1, 0.15) is 35.0 Å². The number of aromatic nitrogens is 4. The maximum absolute atomic E-state index is 5.90. The van der Waals surface area contributed by atoms with E-state index in [1.54, 1.807) is 0 Å². The number of anilines is 2. The van der Waals surface area contributed by atoms with Crippen molar-refractivity contribution in [2.75, 3.05) is 37.4 Å². The lowest BCUT2D eigenvalue weighted by Crippen LogP contribution is -2.23. The lowest BCUT2D eigenvalue weighted by atomic mass is 10.0. The molecular weight excluding hydrogens is 292 g/mol. The van der Waals surface area contributed by atoms with Crippen LogP contribution in [-0.4, -0.2) is 47.0 Å². The summed E-state index contributed by atoms with van der Waals surface area (Å²) in [5, 5.41) is 7.27. The largest absolute Gasteiger partial charge is 0.381 e. The highest BCUT2D eigenvalue weighted by atomic mass is 16.5. The lowest BCUT2D eigenvalue weighted by Gasteiger charge is -2.20. The van der Waals surface area contributed by atoms with Gasteiger partial charge in [-0.1, -0.05) is 0 Å². The first-order chi connectivity index (χ1) is 11.0. The number of likely N-dealkylation sites (N-methyl/N-ethyl adjacent to an activating group) is 1. The van der Waals surface area contributed by atoms with E-state index in [1.165, 1.54) is 5.56 Å². The van der Waals surface area contributed by atoms with Crippen LogP contribution in [0.25, 0.3) is 0 Å². The highest BCUT2D eigenvalue weighted by molar-refractivity contribution is 5.44. The first kappa shape index (κ1) is 15.7. The van der Waals surface area contributed by atoms with E-state index in [1.807, 2.05) is 20.0 Å². The summed E-state index contributed by atoms with van der Waals surface area (Å²) in [5.41, 5.74) is 10.3. The fourth-order valence-electron chi connectivity index (χ4n) is 2.98. The predicted octanol–water partition coefficient (Wildman–Crippen LogP) is 1.58. The van der Waals surface area contributed by atoms with E-state index in [4.69, 9.17) is 10.5 Å². The summed E-state index contributed by atoms with van der Waals surface area (Å²) in [6.07, 6.45) is 1.91. The zero-order chi connectivity index (χ0) is 16.4. The predicted molar refractivity (Wildman–Crippen MR) is 89.7 cm³/mol. The summed E-state index contributed by atoms with van der Waals surface area (Å²) in [6, 6.07) is 2.03. The molecule has 124 valence electrons. The van der Waals surface area contributed by atoms with E-state index in [-0.39, 0.29) is 0 Å². The number of nitrogens with zero attached hydrogens (tertiary/aromatic N) is 4. The zero-order valence-electron chi connectivity index (χ0n) is 14.0. The number of aryl methyl sites for hydroxylation is 2. The summed E-state index contributed by atoms with van der Waals surface area (Å²) in [7, 11) is 2.03. The number of H-pyrrole nitrogens is 1. The first-order valence-electron chi connectivity index (χ1n) is 7.98. The van der Waals surface area contributed by atoms with Gasteiger partial charge in [-0.05, 0) is 32.3 Å². The zero-order valence-corrected chi connectivity index (χ0v) is 14.0. The molecule has 7 heteroatoms. The van der Waals surface area contributed by atoms with Gasteiger partial charge in [-0.3, -0.25) is 5.10 Å². The Morgan fingerprint density at radius 1 is 1.39 bits per heavy atom. The quantitative estimate of drug-likeness (QED) is 0.870. The van der Waals surface area contributed by atoms with Gasteiger partial charge in [0.25, 0.3) is 0 Å². The van der Waals surface area contributed by atoms with Crippen LogP contribution < -0.4 is 10.6 Å². The van der Waals surface area contributed by atoms with Crippen molar-refractivity contribution in [3.8, 4) is 0 Å². The molecule has 23 heavy (non-hydrogen) atoms. The fourth-order valence-corrected chi connectivity index (χ4v) is 2.98. The van der Waals surface area contributed by atoms with Crippen LogP contribution in [0.5, 0.6) is 0 Å². The van der Waals surface area contributed by atoms with Crippen LogP contribution in [0.2, 0.25) is 0 Å². The van der Waals surface area contributed by atoms with Gasteiger partial charge in [0.05, 0.1) is 18.0 Å². The van der Waals surface area contributed by atoms with Crippen molar-refractivity contribution in [3.05, 3.63) is 28.7 Å². The number of hydrogen-bond donors (Lipinski definition) is 2. The van der Waals surface area contributed by atoms with Crippen molar-refractivity contribution in [1.29, 1.82) is 0 Å². The molecule has 3 N–H and O–H groups in total. The molecule has 0 saturated carbocycles. The molecule has 1 unspecified atom stereocenters. The molecule has 3 heterocycles. The Bertz CT molecular complexity index is 658. The van der Waals surface area contributed by atoms with Crippen LogP contribution in [-0.2, 0) is 11.2 Å². The molecule has 0 amide bonds. The van der Waals surface area contributed by atoms with Crippen molar-refractivity contribution < 1.29 is 4.74 Å². The molecule has 2 aromatic heterocycles. The Balaban J connectivity index is 1.72. The third kappa shape index (κ3) is 3.44. The molecule has 0 aromatic carbocycles. The van der Waals surface area contributed by atoms with Crippen molar-refractivity contribution in [2.45, 2.75) is 32.6 Å². The van der Waals surface area contributed by atoms with Gasteiger partial charge in [0.15, 0.2) is 0 Å². The minimum atomic E-state index is 0.325.